The summed E-state index contributed by atoms with van der Waals surface area (Å²) in [6, 6.07) is 20.3. The van der Waals surface area contributed by atoms with Gasteiger partial charge in [-0.05, 0) is 42.3 Å². The third kappa shape index (κ3) is 3.90. The van der Waals surface area contributed by atoms with Gasteiger partial charge in [-0.1, -0.05) is 60.2 Å². The maximum absolute atomic E-state index is 13.4. The lowest BCUT2D eigenvalue weighted by Gasteiger charge is -2.22. The van der Waals surface area contributed by atoms with Gasteiger partial charge in [0.15, 0.2) is 22.9 Å². The van der Waals surface area contributed by atoms with Crippen LogP contribution in [-0.2, 0) is 21.7 Å². The molecule has 0 fully saturated rings. The summed E-state index contributed by atoms with van der Waals surface area (Å²) in [4.78, 5) is 27.7. The molecule has 0 radical (unpaired) electrons. The number of allylic oxidation sites excluding steroid dienone is 1. The second-order valence-electron chi connectivity index (χ2n) is 8.34. The Morgan fingerprint density at radius 1 is 1.06 bits per heavy atom. The van der Waals surface area contributed by atoms with Gasteiger partial charge in [-0.2, -0.15) is 0 Å². The third-order valence-electron chi connectivity index (χ3n) is 5.99. The van der Waals surface area contributed by atoms with Crippen LogP contribution in [0, 0.1) is 6.92 Å². The predicted molar refractivity (Wildman–Crippen MR) is 124 cm³/mol. The maximum atomic E-state index is 13.4. The van der Waals surface area contributed by atoms with Gasteiger partial charge in [-0.15, -0.1) is 0 Å². The zero-order chi connectivity index (χ0) is 23.0. The third-order valence-corrected chi connectivity index (χ3v) is 5.99. The van der Waals surface area contributed by atoms with Crippen molar-refractivity contribution in [2.75, 3.05) is 11.7 Å². The van der Waals surface area contributed by atoms with Crippen LogP contribution in [0.4, 0.5) is 5.69 Å². The first kappa shape index (κ1) is 21.0. The van der Waals surface area contributed by atoms with Crippen LogP contribution in [0.3, 0.4) is 0 Å². The molecule has 1 amide bonds. The van der Waals surface area contributed by atoms with Crippen LogP contribution in [0.15, 0.2) is 72.8 Å². The zero-order valence-corrected chi connectivity index (χ0v) is 18.2. The van der Waals surface area contributed by atoms with Gasteiger partial charge in [0.05, 0.1) is 18.7 Å². The Kier molecular flexibility index (Phi) is 5.23. The topological polar surface area (TPSA) is 76.1 Å². The van der Waals surface area contributed by atoms with Crippen LogP contribution in [0.5, 0.6) is 11.5 Å². The number of fused-ring (bicyclic) bond motifs is 2. The van der Waals surface area contributed by atoms with Crippen molar-refractivity contribution in [3.05, 3.63) is 95.1 Å². The lowest BCUT2D eigenvalue weighted by molar-refractivity contribution is -0.140. The lowest BCUT2D eigenvalue weighted by atomic mass is 9.89. The molecule has 2 heterocycles. The maximum Gasteiger partial charge on any atom is 0.264 e. The number of ketones is 1. The number of rotatable bonds is 6. The fourth-order valence-corrected chi connectivity index (χ4v) is 4.23. The number of nitrogens with zero attached hydrogens (tertiary/aromatic N) is 1. The Balaban J connectivity index is 1.37. The fraction of sp³-hybridized carbons (Fsp3) is 0.185. The molecular weight excluding hydrogens is 418 g/mol. The van der Waals surface area contributed by atoms with Crippen molar-refractivity contribution >= 4 is 23.5 Å². The summed E-state index contributed by atoms with van der Waals surface area (Å²) in [5.41, 5.74) is 2.01. The second kappa shape index (κ2) is 8.22. The molecule has 0 spiro atoms. The highest BCUT2D eigenvalue weighted by atomic mass is 16.7. The molecular formula is C27H23NO5. The molecule has 1 N–H and O–H groups in total. The quantitative estimate of drug-likeness (QED) is 0.582. The average molecular weight is 441 g/mol. The molecule has 3 aromatic carbocycles. The smallest absolute Gasteiger partial charge is 0.264 e. The molecule has 5 rings (SSSR count). The summed E-state index contributed by atoms with van der Waals surface area (Å²) >= 11 is 0. The van der Waals surface area contributed by atoms with E-state index in [2.05, 4.69) is 0 Å². The van der Waals surface area contributed by atoms with E-state index in [9.17, 15) is 14.7 Å². The van der Waals surface area contributed by atoms with Crippen molar-refractivity contribution in [3.8, 4) is 11.5 Å². The lowest BCUT2D eigenvalue weighted by Crippen LogP contribution is -2.41. The zero-order valence-electron chi connectivity index (χ0n) is 18.2. The number of hydrogen-bond donors (Lipinski definition) is 1. The molecule has 0 bridgehead atoms. The van der Waals surface area contributed by atoms with Gasteiger partial charge in [0.25, 0.3) is 5.91 Å². The molecule has 0 aliphatic carbocycles. The van der Waals surface area contributed by atoms with Crippen LogP contribution in [0.1, 0.15) is 28.7 Å². The Bertz CT molecular complexity index is 1260. The molecule has 6 heteroatoms. The van der Waals surface area contributed by atoms with Crippen LogP contribution < -0.4 is 14.4 Å². The molecule has 33 heavy (non-hydrogen) atoms. The van der Waals surface area contributed by atoms with Crippen LogP contribution >= 0.6 is 0 Å². The summed E-state index contributed by atoms with van der Waals surface area (Å²) in [5, 5.41) is 11.4. The summed E-state index contributed by atoms with van der Waals surface area (Å²) in [7, 11) is 0. The Labute approximate surface area is 191 Å². The van der Waals surface area contributed by atoms with Gasteiger partial charge in [0.2, 0.25) is 6.79 Å². The van der Waals surface area contributed by atoms with Crippen molar-refractivity contribution in [2.24, 2.45) is 0 Å². The largest absolute Gasteiger partial charge is 0.454 e. The van der Waals surface area contributed by atoms with Crippen molar-refractivity contribution < 1.29 is 24.2 Å². The van der Waals surface area contributed by atoms with E-state index in [4.69, 9.17) is 9.47 Å². The average Bonchev–Trinajstić information content (AvgIpc) is 3.36. The number of aliphatic hydroxyl groups is 1. The number of para-hydroxylation sites is 1. The monoisotopic (exact) mass is 441 g/mol. The van der Waals surface area contributed by atoms with Gasteiger partial charge >= 0.3 is 0 Å². The summed E-state index contributed by atoms with van der Waals surface area (Å²) < 4.78 is 10.7. The number of carbonyl (C=O) groups excluding carboxylic acids is 2. The van der Waals surface area contributed by atoms with Crippen molar-refractivity contribution in [1.82, 2.24) is 0 Å². The van der Waals surface area contributed by atoms with E-state index in [0.717, 1.165) is 16.7 Å². The number of anilines is 1. The minimum Gasteiger partial charge on any atom is -0.454 e. The predicted octanol–water partition coefficient (Wildman–Crippen LogP) is 4.13. The minimum atomic E-state index is -1.91. The molecule has 0 saturated heterocycles. The van der Waals surface area contributed by atoms with Gasteiger partial charge in [-0.3, -0.25) is 9.59 Å². The summed E-state index contributed by atoms with van der Waals surface area (Å²) in [5.74, 6) is 0.439. The Morgan fingerprint density at radius 3 is 2.64 bits per heavy atom. The number of amides is 1. The molecule has 6 nitrogen and oxygen atoms in total. The molecule has 1 unspecified atom stereocenters. The number of hydrogen-bond acceptors (Lipinski definition) is 5. The van der Waals surface area contributed by atoms with Crippen molar-refractivity contribution in [2.45, 2.75) is 25.5 Å². The normalized spacial score (nSPS) is 18.7. The molecule has 2 aliphatic heterocycles. The Hall–Kier alpha value is -3.90. The van der Waals surface area contributed by atoms with Gasteiger partial charge < -0.3 is 19.5 Å². The fourth-order valence-electron chi connectivity index (χ4n) is 4.23. The van der Waals surface area contributed by atoms with E-state index in [1.165, 1.54) is 6.08 Å². The molecule has 0 aromatic heterocycles. The van der Waals surface area contributed by atoms with Crippen LogP contribution in [0.2, 0.25) is 0 Å². The van der Waals surface area contributed by atoms with E-state index in [1.807, 2.05) is 43.3 Å². The van der Waals surface area contributed by atoms with Gasteiger partial charge in [0.1, 0.15) is 0 Å². The van der Waals surface area contributed by atoms with Gasteiger partial charge in [-0.25, -0.2) is 0 Å². The van der Waals surface area contributed by atoms with E-state index in [-0.39, 0.29) is 19.0 Å². The highest BCUT2D eigenvalue weighted by molar-refractivity contribution is 6.10. The standard InChI is InChI=1S/C27H23NO5/c1-18-6-8-20(9-7-18)16-28-23-5-3-2-4-22(23)27(31,26(28)30)15-21(29)12-10-19-11-13-24-25(14-19)33-17-32-24/h2-14,31H,15-17H2,1H3/b12-10+. The SMILES string of the molecule is Cc1ccc(CN2C(=O)C(O)(CC(=O)/C=C/c3ccc4c(c3)OCO4)c3ccccc32)cc1. The highest BCUT2D eigenvalue weighted by Crippen LogP contribution is 2.43. The van der Waals surface area contributed by atoms with Gasteiger partial charge in [0, 0.05) is 5.56 Å². The Morgan fingerprint density at radius 2 is 1.82 bits per heavy atom. The number of aryl methyl sites for hydroxylation is 1. The molecule has 1 atom stereocenters. The van der Waals surface area contributed by atoms with E-state index in [1.54, 1.807) is 41.3 Å². The van der Waals surface area contributed by atoms with E-state index in [0.29, 0.717) is 29.3 Å². The molecule has 3 aromatic rings. The first-order valence-electron chi connectivity index (χ1n) is 10.7. The first-order chi connectivity index (χ1) is 15.9. The molecule has 0 saturated carbocycles. The molecule has 166 valence electrons. The second-order valence-corrected chi connectivity index (χ2v) is 8.34. The first-order valence-corrected chi connectivity index (χ1v) is 10.7. The molecule has 2 aliphatic rings. The van der Waals surface area contributed by atoms with Crippen LogP contribution in [-0.4, -0.2) is 23.6 Å². The van der Waals surface area contributed by atoms with E-state index < -0.39 is 11.5 Å². The number of carbonyl (C=O) groups is 2. The number of benzene rings is 3. The summed E-state index contributed by atoms with van der Waals surface area (Å²) in [6.07, 6.45) is 2.69. The summed E-state index contributed by atoms with van der Waals surface area (Å²) in [6.45, 7) is 2.50. The number of ether oxygens (including phenoxy) is 2. The van der Waals surface area contributed by atoms with Crippen molar-refractivity contribution in [1.29, 1.82) is 0 Å². The van der Waals surface area contributed by atoms with Crippen LogP contribution in [0.25, 0.3) is 6.08 Å². The van der Waals surface area contributed by atoms with E-state index >= 15 is 0 Å². The minimum absolute atomic E-state index is 0.176. The van der Waals surface area contributed by atoms with Crippen molar-refractivity contribution in [3.63, 3.8) is 0 Å². The highest BCUT2D eigenvalue weighted by Gasteiger charge is 2.50.